The number of thioether (sulfide) groups is 2. The van der Waals surface area contributed by atoms with Crippen LogP contribution in [0, 0.1) is 0 Å². The Hall–Kier alpha value is -1.72. The molecule has 1 aliphatic rings. The molecule has 3 rings (SSSR count). The highest BCUT2D eigenvalue weighted by atomic mass is 32.2. The molecular weight excluding hydrogens is 312 g/mol. The maximum absolute atomic E-state index is 12.7. The Morgan fingerprint density at radius 2 is 1.77 bits per heavy atom. The van der Waals surface area contributed by atoms with Crippen LogP contribution in [-0.4, -0.2) is 23.4 Å². The highest BCUT2D eigenvalue weighted by molar-refractivity contribution is 8.14. The summed E-state index contributed by atoms with van der Waals surface area (Å²) in [7, 11) is 0. The Labute approximate surface area is 138 Å². The molecule has 0 aromatic heterocycles. The Morgan fingerprint density at radius 3 is 2.41 bits per heavy atom. The van der Waals surface area contributed by atoms with Gasteiger partial charge in [0.05, 0.1) is 6.54 Å². The molecule has 1 atom stereocenters. The third-order valence-electron chi connectivity index (χ3n) is 3.15. The van der Waals surface area contributed by atoms with Crippen molar-refractivity contribution < 1.29 is 4.79 Å². The minimum atomic E-state index is -0.285. The average molecular weight is 328 g/mol. The summed E-state index contributed by atoms with van der Waals surface area (Å²) in [6.45, 7) is 0.780. The molecule has 0 bridgehead atoms. The van der Waals surface area contributed by atoms with Gasteiger partial charge in [0.2, 0.25) is 5.91 Å². The van der Waals surface area contributed by atoms with Crippen molar-refractivity contribution in [2.75, 3.05) is 12.3 Å². The molecule has 0 spiro atoms. The maximum atomic E-state index is 12.7. The van der Waals surface area contributed by atoms with Gasteiger partial charge in [0.15, 0.2) is 5.17 Å². The van der Waals surface area contributed by atoms with E-state index in [0.717, 1.165) is 27.9 Å². The standard InChI is InChI=1S/C17H16N2OS2/c20-16(19-17-18-11-12-21-17)15(13-7-3-1-4-8-13)22-14-9-5-2-6-10-14/h1-10,15H,11-12H2,(H,18,19,20)/t15-/m1/s1. The number of carbonyl (C=O) groups is 1. The van der Waals surface area contributed by atoms with E-state index < -0.39 is 0 Å². The predicted octanol–water partition coefficient (Wildman–Crippen LogP) is 3.74. The van der Waals surface area contributed by atoms with Gasteiger partial charge in [-0.25, -0.2) is 0 Å². The quantitative estimate of drug-likeness (QED) is 0.869. The SMILES string of the molecule is O=C(NC1=NCCS1)[C@H](Sc1ccccc1)c1ccccc1. The number of hydrogen-bond donors (Lipinski definition) is 1. The topological polar surface area (TPSA) is 41.5 Å². The van der Waals surface area contributed by atoms with Crippen LogP contribution in [0.3, 0.4) is 0 Å². The summed E-state index contributed by atoms with van der Waals surface area (Å²) in [6.07, 6.45) is 0. The number of nitrogens with zero attached hydrogens (tertiary/aromatic N) is 1. The number of rotatable bonds is 4. The molecule has 2 aromatic rings. The van der Waals surface area contributed by atoms with E-state index in [-0.39, 0.29) is 11.2 Å². The third-order valence-corrected chi connectivity index (χ3v) is 5.31. The number of carbonyl (C=O) groups excluding carboxylic acids is 1. The van der Waals surface area contributed by atoms with E-state index >= 15 is 0 Å². The van der Waals surface area contributed by atoms with E-state index in [2.05, 4.69) is 10.3 Å². The second-order valence-electron chi connectivity index (χ2n) is 4.75. The van der Waals surface area contributed by atoms with Gasteiger partial charge >= 0.3 is 0 Å². The van der Waals surface area contributed by atoms with Crippen molar-refractivity contribution in [3.05, 3.63) is 66.2 Å². The fourth-order valence-electron chi connectivity index (χ4n) is 2.12. The second-order valence-corrected chi connectivity index (χ2v) is 7.01. The fourth-order valence-corrected chi connectivity index (χ4v) is 3.89. The molecule has 112 valence electrons. The van der Waals surface area contributed by atoms with Crippen LogP contribution in [0.2, 0.25) is 0 Å². The van der Waals surface area contributed by atoms with Crippen LogP contribution in [0.15, 0.2) is 70.6 Å². The lowest BCUT2D eigenvalue weighted by Crippen LogP contribution is -2.31. The number of nitrogens with one attached hydrogen (secondary N) is 1. The van der Waals surface area contributed by atoms with Crippen LogP contribution >= 0.6 is 23.5 Å². The van der Waals surface area contributed by atoms with Gasteiger partial charge < -0.3 is 5.32 Å². The van der Waals surface area contributed by atoms with Gasteiger partial charge in [-0.2, -0.15) is 0 Å². The lowest BCUT2D eigenvalue weighted by Gasteiger charge is -2.16. The molecule has 1 N–H and O–H groups in total. The molecule has 0 radical (unpaired) electrons. The molecule has 1 heterocycles. The van der Waals surface area contributed by atoms with Crippen LogP contribution in [0.25, 0.3) is 0 Å². The van der Waals surface area contributed by atoms with E-state index in [9.17, 15) is 4.79 Å². The maximum Gasteiger partial charge on any atom is 0.243 e. The molecule has 1 amide bonds. The van der Waals surface area contributed by atoms with E-state index in [4.69, 9.17) is 0 Å². The molecule has 3 nitrogen and oxygen atoms in total. The molecule has 2 aromatic carbocycles. The fraction of sp³-hybridized carbons (Fsp3) is 0.176. The number of aliphatic imine (C=N–C) groups is 1. The minimum Gasteiger partial charge on any atom is -0.304 e. The van der Waals surface area contributed by atoms with Crippen molar-refractivity contribution in [2.24, 2.45) is 4.99 Å². The van der Waals surface area contributed by atoms with E-state index in [1.54, 1.807) is 23.5 Å². The zero-order valence-corrected chi connectivity index (χ0v) is 13.6. The first-order valence-corrected chi connectivity index (χ1v) is 8.94. The molecule has 0 saturated heterocycles. The molecule has 22 heavy (non-hydrogen) atoms. The first-order chi connectivity index (χ1) is 10.8. The largest absolute Gasteiger partial charge is 0.304 e. The lowest BCUT2D eigenvalue weighted by atomic mass is 10.1. The van der Waals surface area contributed by atoms with Gasteiger partial charge in [0.1, 0.15) is 5.25 Å². The van der Waals surface area contributed by atoms with Gasteiger partial charge in [-0.3, -0.25) is 9.79 Å². The zero-order chi connectivity index (χ0) is 15.2. The third kappa shape index (κ3) is 3.93. The molecule has 0 unspecified atom stereocenters. The zero-order valence-electron chi connectivity index (χ0n) is 11.9. The normalized spacial score (nSPS) is 15.2. The van der Waals surface area contributed by atoms with Crippen molar-refractivity contribution in [2.45, 2.75) is 10.1 Å². The van der Waals surface area contributed by atoms with Gasteiger partial charge in [0.25, 0.3) is 0 Å². The summed E-state index contributed by atoms with van der Waals surface area (Å²) in [4.78, 5) is 18.1. The summed E-state index contributed by atoms with van der Waals surface area (Å²) in [5.41, 5.74) is 0.998. The number of hydrogen-bond acceptors (Lipinski definition) is 4. The van der Waals surface area contributed by atoms with Crippen LogP contribution in [-0.2, 0) is 4.79 Å². The molecule has 0 aliphatic carbocycles. The molecule has 0 fully saturated rings. The summed E-state index contributed by atoms with van der Waals surface area (Å²) in [5.74, 6) is 0.922. The number of amides is 1. The molecule has 5 heteroatoms. The van der Waals surface area contributed by atoms with E-state index in [1.807, 2.05) is 60.7 Å². The van der Waals surface area contributed by atoms with Gasteiger partial charge in [-0.1, -0.05) is 60.3 Å². The van der Waals surface area contributed by atoms with Crippen molar-refractivity contribution in [3.63, 3.8) is 0 Å². The second kappa shape index (κ2) is 7.51. The smallest absolute Gasteiger partial charge is 0.243 e. The highest BCUT2D eigenvalue weighted by Gasteiger charge is 2.23. The average Bonchev–Trinajstić information content (AvgIpc) is 3.07. The molecule has 1 aliphatic heterocycles. The van der Waals surface area contributed by atoms with Gasteiger partial charge in [-0.05, 0) is 17.7 Å². The predicted molar refractivity (Wildman–Crippen MR) is 94.4 cm³/mol. The number of amidine groups is 1. The number of benzene rings is 2. The summed E-state index contributed by atoms with van der Waals surface area (Å²) in [5, 5.41) is 3.40. The first-order valence-electron chi connectivity index (χ1n) is 7.08. The van der Waals surface area contributed by atoms with Crippen molar-refractivity contribution >= 4 is 34.6 Å². The van der Waals surface area contributed by atoms with Crippen LogP contribution in [0.4, 0.5) is 0 Å². The Morgan fingerprint density at radius 1 is 1.09 bits per heavy atom. The molecule has 0 saturated carbocycles. The Bertz CT molecular complexity index is 659. The summed E-state index contributed by atoms with van der Waals surface area (Å²) < 4.78 is 0. The summed E-state index contributed by atoms with van der Waals surface area (Å²) >= 11 is 3.16. The summed E-state index contributed by atoms with van der Waals surface area (Å²) in [6, 6.07) is 19.9. The Balaban J connectivity index is 1.81. The first kappa shape index (κ1) is 15.2. The van der Waals surface area contributed by atoms with Crippen LogP contribution in [0.5, 0.6) is 0 Å². The van der Waals surface area contributed by atoms with Crippen LogP contribution < -0.4 is 5.32 Å². The highest BCUT2D eigenvalue weighted by Crippen LogP contribution is 2.35. The lowest BCUT2D eigenvalue weighted by molar-refractivity contribution is -0.119. The van der Waals surface area contributed by atoms with Crippen molar-refractivity contribution in [3.8, 4) is 0 Å². The monoisotopic (exact) mass is 328 g/mol. The van der Waals surface area contributed by atoms with E-state index in [1.165, 1.54) is 0 Å². The van der Waals surface area contributed by atoms with Crippen molar-refractivity contribution in [1.82, 2.24) is 5.32 Å². The van der Waals surface area contributed by atoms with E-state index in [0.29, 0.717) is 0 Å². The van der Waals surface area contributed by atoms with Gasteiger partial charge in [0, 0.05) is 10.6 Å². The van der Waals surface area contributed by atoms with Crippen LogP contribution in [0.1, 0.15) is 10.8 Å². The van der Waals surface area contributed by atoms with Crippen molar-refractivity contribution in [1.29, 1.82) is 0 Å². The molecular formula is C17H16N2OS2. The Kier molecular flexibility index (Phi) is 5.19. The van der Waals surface area contributed by atoms with Gasteiger partial charge in [-0.15, -0.1) is 11.8 Å². The minimum absolute atomic E-state index is 0.0202.